The first kappa shape index (κ1) is 11.7. The summed E-state index contributed by atoms with van der Waals surface area (Å²) in [5.41, 5.74) is 0.333. The Bertz CT molecular complexity index is 273. The van der Waals surface area contributed by atoms with E-state index in [-0.39, 0.29) is 0 Å². The Hall–Kier alpha value is -0.0800. The fraction of sp³-hybridized carbons (Fsp3) is 1.00. The molecule has 5 rings (SSSR count). The number of hydrogen-bond donors (Lipinski definition) is 1. The van der Waals surface area contributed by atoms with E-state index in [2.05, 4.69) is 5.32 Å². The molecule has 1 heterocycles. The lowest BCUT2D eigenvalue weighted by Crippen LogP contribution is -2.52. The van der Waals surface area contributed by atoms with E-state index < -0.39 is 0 Å². The van der Waals surface area contributed by atoms with Crippen molar-refractivity contribution in [1.82, 2.24) is 5.32 Å². The van der Waals surface area contributed by atoms with Crippen molar-refractivity contribution < 1.29 is 4.74 Å². The molecule has 18 heavy (non-hydrogen) atoms. The summed E-state index contributed by atoms with van der Waals surface area (Å²) >= 11 is 0. The van der Waals surface area contributed by atoms with Crippen LogP contribution >= 0.6 is 0 Å². The van der Waals surface area contributed by atoms with Gasteiger partial charge in [0.1, 0.15) is 0 Å². The highest BCUT2D eigenvalue weighted by atomic mass is 16.5. The smallest absolute Gasteiger partial charge is 0.0690 e. The van der Waals surface area contributed by atoms with Gasteiger partial charge in [0.2, 0.25) is 0 Å². The Morgan fingerprint density at radius 1 is 0.889 bits per heavy atom. The van der Waals surface area contributed by atoms with Crippen molar-refractivity contribution in [2.24, 2.45) is 23.7 Å². The predicted molar refractivity (Wildman–Crippen MR) is 72.4 cm³/mol. The topological polar surface area (TPSA) is 21.3 Å². The molecule has 1 saturated heterocycles. The van der Waals surface area contributed by atoms with E-state index >= 15 is 0 Å². The van der Waals surface area contributed by atoms with Crippen LogP contribution in [0.1, 0.15) is 51.4 Å². The van der Waals surface area contributed by atoms with Crippen molar-refractivity contribution in [3.05, 3.63) is 0 Å². The zero-order valence-corrected chi connectivity index (χ0v) is 11.5. The van der Waals surface area contributed by atoms with E-state index in [9.17, 15) is 0 Å². The van der Waals surface area contributed by atoms with Crippen molar-refractivity contribution in [2.75, 3.05) is 19.7 Å². The van der Waals surface area contributed by atoms with Crippen LogP contribution in [0.15, 0.2) is 0 Å². The lowest BCUT2D eigenvalue weighted by molar-refractivity contribution is -0.169. The van der Waals surface area contributed by atoms with Gasteiger partial charge in [-0.3, -0.25) is 0 Å². The van der Waals surface area contributed by atoms with Crippen LogP contribution in [-0.2, 0) is 4.74 Å². The second-order valence-electron chi connectivity index (χ2n) is 7.60. The number of hydrogen-bond acceptors (Lipinski definition) is 2. The fourth-order valence-corrected chi connectivity index (χ4v) is 5.55. The Balaban J connectivity index is 1.38. The molecule has 0 radical (unpaired) electrons. The molecule has 4 aliphatic carbocycles. The summed E-state index contributed by atoms with van der Waals surface area (Å²) in [6.07, 6.45) is 11.4. The molecule has 2 heteroatoms. The van der Waals surface area contributed by atoms with Crippen molar-refractivity contribution in [2.45, 2.75) is 57.0 Å². The molecule has 0 amide bonds. The molecule has 0 aromatic heterocycles. The summed E-state index contributed by atoms with van der Waals surface area (Å²) in [6, 6.07) is 0. The Labute approximate surface area is 111 Å². The third-order valence-corrected chi connectivity index (χ3v) is 6.07. The van der Waals surface area contributed by atoms with Crippen molar-refractivity contribution in [3.8, 4) is 0 Å². The van der Waals surface area contributed by atoms with Gasteiger partial charge in [-0.05, 0) is 88.1 Å². The highest BCUT2D eigenvalue weighted by Crippen LogP contribution is 2.57. The second kappa shape index (κ2) is 4.49. The van der Waals surface area contributed by atoms with E-state index in [1.54, 1.807) is 0 Å². The molecule has 4 bridgehead atoms. The first-order chi connectivity index (χ1) is 8.81. The lowest BCUT2D eigenvalue weighted by Gasteiger charge is -2.56. The molecule has 0 aromatic rings. The Morgan fingerprint density at radius 2 is 1.44 bits per heavy atom. The van der Waals surface area contributed by atoms with Crippen LogP contribution in [0.2, 0.25) is 0 Å². The van der Waals surface area contributed by atoms with E-state index in [0.29, 0.717) is 5.60 Å². The number of nitrogens with one attached hydrogen (secondary N) is 1. The van der Waals surface area contributed by atoms with Gasteiger partial charge < -0.3 is 10.1 Å². The fourth-order valence-electron chi connectivity index (χ4n) is 5.55. The minimum absolute atomic E-state index is 0.333. The molecule has 5 aliphatic rings. The van der Waals surface area contributed by atoms with E-state index in [4.69, 9.17) is 4.74 Å². The van der Waals surface area contributed by atoms with Gasteiger partial charge >= 0.3 is 0 Å². The van der Waals surface area contributed by atoms with Crippen molar-refractivity contribution in [1.29, 1.82) is 0 Å². The quantitative estimate of drug-likeness (QED) is 0.830. The summed E-state index contributed by atoms with van der Waals surface area (Å²) in [7, 11) is 0. The molecule has 2 nitrogen and oxygen atoms in total. The largest absolute Gasteiger partial charge is 0.375 e. The van der Waals surface area contributed by atoms with Crippen LogP contribution in [0.5, 0.6) is 0 Å². The third kappa shape index (κ3) is 2.12. The molecule has 4 saturated carbocycles. The molecule has 0 atom stereocenters. The Morgan fingerprint density at radius 3 is 2.00 bits per heavy atom. The number of rotatable bonds is 3. The van der Waals surface area contributed by atoms with Crippen LogP contribution < -0.4 is 5.32 Å². The summed E-state index contributed by atoms with van der Waals surface area (Å²) < 4.78 is 6.55. The molecular formula is C16H27NO. The maximum absolute atomic E-state index is 6.55. The van der Waals surface area contributed by atoms with Gasteiger partial charge in [0.05, 0.1) is 12.2 Å². The number of piperidine rings is 1. The van der Waals surface area contributed by atoms with E-state index in [1.165, 1.54) is 64.5 Å². The molecule has 5 fully saturated rings. The average molecular weight is 249 g/mol. The first-order valence-corrected chi connectivity index (χ1v) is 8.16. The second-order valence-corrected chi connectivity index (χ2v) is 7.60. The van der Waals surface area contributed by atoms with Gasteiger partial charge in [-0.2, -0.15) is 0 Å². The molecule has 1 N–H and O–H groups in total. The minimum Gasteiger partial charge on any atom is -0.375 e. The van der Waals surface area contributed by atoms with Crippen LogP contribution in [0.3, 0.4) is 0 Å². The van der Waals surface area contributed by atoms with Crippen molar-refractivity contribution in [3.63, 3.8) is 0 Å². The molecule has 0 spiro atoms. The highest BCUT2D eigenvalue weighted by molar-refractivity contribution is 5.03. The lowest BCUT2D eigenvalue weighted by atomic mass is 9.54. The maximum atomic E-state index is 6.55. The molecule has 1 aliphatic heterocycles. The standard InChI is InChI=1S/C16H27NO/c1-3-17-4-2-12(1)11-18-16-8-13-5-14(9-16)7-15(6-13)10-16/h12-15,17H,1-11H2. The SMILES string of the molecule is C1CC(COC23CC4CC(CC(C4)C2)C3)CCN1. The summed E-state index contributed by atoms with van der Waals surface area (Å²) in [5, 5.41) is 3.45. The first-order valence-electron chi connectivity index (χ1n) is 8.16. The molecule has 0 unspecified atom stereocenters. The van der Waals surface area contributed by atoms with Gasteiger partial charge in [-0.15, -0.1) is 0 Å². The predicted octanol–water partition coefficient (Wildman–Crippen LogP) is 2.97. The average Bonchev–Trinajstić information content (AvgIpc) is 2.36. The number of ether oxygens (including phenoxy) is 1. The van der Waals surface area contributed by atoms with Gasteiger partial charge in [-0.1, -0.05) is 0 Å². The molecular weight excluding hydrogens is 222 g/mol. The monoisotopic (exact) mass is 249 g/mol. The molecule has 102 valence electrons. The van der Waals surface area contributed by atoms with E-state index in [0.717, 1.165) is 30.3 Å². The van der Waals surface area contributed by atoms with Crippen LogP contribution in [0.4, 0.5) is 0 Å². The van der Waals surface area contributed by atoms with Gasteiger partial charge in [0, 0.05) is 0 Å². The minimum atomic E-state index is 0.333. The third-order valence-electron chi connectivity index (χ3n) is 6.07. The van der Waals surface area contributed by atoms with Gasteiger partial charge in [-0.25, -0.2) is 0 Å². The zero-order chi connectivity index (χ0) is 12.0. The molecule has 0 aromatic carbocycles. The highest BCUT2D eigenvalue weighted by Gasteiger charge is 2.51. The summed E-state index contributed by atoms with van der Waals surface area (Å²) in [4.78, 5) is 0. The van der Waals surface area contributed by atoms with Crippen LogP contribution in [0, 0.1) is 23.7 Å². The summed E-state index contributed by atoms with van der Waals surface area (Å²) in [6.45, 7) is 3.46. The van der Waals surface area contributed by atoms with Crippen LogP contribution in [0.25, 0.3) is 0 Å². The normalized spacial score (nSPS) is 47.7. The van der Waals surface area contributed by atoms with Crippen molar-refractivity contribution >= 4 is 0 Å². The summed E-state index contributed by atoms with van der Waals surface area (Å²) in [5.74, 6) is 3.89. The van der Waals surface area contributed by atoms with Gasteiger partial charge in [0.25, 0.3) is 0 Å². The zero-order valence-electron chi connectivity index (χ0n) is 11.5. The van der Waals surface area contributed by atoms with Crippen LogP contribution in [-0.4, -0.2) is 25.3 Å². The van der Waals surface area contributed by atoms with Gasteiger partial charge in [0.15, 0.2) is 0 Å². The maximum Gasteiger partial charge on any atom is 0.0690 e. The van der Waals surface area contributed by atoms with E-state index in [1.807, 2.05) is 0 Å². The Kier molecular flexibility index (Phi) is 2.92.